The Bertz CT molecular complexity index is 630. The van der Waals surface area contributed by atoms with Crippen molar-refractivity contribution < 1.29 is 14.3 Å². The van der Waals surface area contributed by atoms with Crippen LogP contribution in [0.3, 0.4) is 0 Å². The molecule has 2 saturated heterocycles. The highest BCUT2D eigenvalue weighted by molar-refractivity contribution is 5.67. The van der Waals surface area contributed by atoms with Crippen LogP contribution in [-0.2, 0) is 4.74 Å². The summed E-state index contributed by atoms with van der Waals surface area (Å²) in [5.74, 6) is 2.37. The molecule has 0 radical (unpaired) electrons. The molecule has 0 spiro atoms. The van der Waals surface area contributed by atoms with E-state index in [1.54, 1.807) is 0 Å². The van der Waals surface area contributed by atoms with Gasteiger partial charge in [-0.05, 0) is 102 Å². The van der Waals surface area contributed by atoms with Crippen LogP contribution in [0.15, 0.2) is 24.3 Å². The van der Waals surface area contributed by atoms with Gasteiger partial charge < -0.3 is 19.3 Å². The van der Waals surface area contributed by atoms with Crippen LogP contribution in [0.1, 0.15) is 70.8 Å². The number of carbonyl (C=O) groups is 1. The highest BCUT2D eigenvalue weighted by atomic mass is 16.6. The first kappa shape index (κ1) is 22.9. The Kier molecular flexibility index (Phi) is 8.86. The number of likely N-dealkylation sites (tertiary alicyclic amines) is 2. The van der Waals surface area contributed by atoms with Gasteiger partial charge >= 0.3 is 6.09 Å². The van der Waals surface area contributed by atoms with Crippen molar-refractivity contribution in [3.8, 4) is 5.75 Å². The molecular formula is C25H40N2O3. The number of hydrogen-bond donors (Lipinski definition) is 0. The largest absolute Gasteiger partial charge is 0.494 e. The number of benzene rings is 1. The average molecular weight is 417 g/mol. The monoisotopic (exact) mass is 416 g/mol. The number of nitrogens with zero attached hydrogens (tertiary/aromatic N) is 2. The molecule has 3 rings (SSSR count). The van der Waals surface area contributed by atoms with Crippen LogP contribution >= 0.6 is 0 Å². The van der Waals surface area contributed by atoms with Crippen LogP contribution in [0.5, 0.6) is 5.75 Å². The van der Waals surface area contributed by atoms with Crippen LogP contribution < -0.4 is 4.74 Å². The molecule has 2 aliphatic rings. The summed E-state index contributed by atoms with van der Waals surface area (Å²) in [4.78, 5) is 16.4. The lowest BCUT2D eigenvalue weighted by Crippen LogP contribution is -2.39. The van der Waals surface area contributed by atoms with Gasteiger partial charge in [-0.15, -0.1) is 0 Å². The highest BCUT2D eigenvalue weighted by Gasteiger charge is 2.24. The summed E-state index contributed by atoms with van der Waals surface area (Å²) < 4.78 is 11.3. The molecule has 5 heteroatoms. The molecule has 2 fully saturated rings. The molecule has 2 heterocycles. The first-order valence-corrected chi connectivity index (χ1v) is 12.0. The molecular weight excluding hydrogens is 376 g/mol. The highest BCUT2D eigenvalue weighted by Crippen LogP contribution is 2.29. The molecule has 168 valence electrons. The van der Waals surface area contributed by atoms with E-state index < -0.39 is 0 Å². The van der Waals surface area contributed by atoms with E-state index in [0.29, 0.717) is 11.8 Å². The molecule has 0 aromatic heterocycles. The first-order chi connectivity index (χ1) is 14.5. The summed E-state index contributed by atoms with van der Waals surface area (Å²) in [5, 5.41) is 0. The smallest absolute Gasteiger partial charge is 0.410 e. The minimum Gasteiger partial charge on any atom is -0.494 e. The third-order valence-electron chi connectivity index (χ3n) is 6.62. The van der Waals surface area contributed by atoms with Crippen LogP contribution in [0.2, 0.25) is 0 Å². The number of carbonyl (C=O) groups excluding carboxylic acids is 1. The second-order valence-corrected chi connectivity index (χ2v) is 9.13. The van der Waals surface area contributed by atoms with Gasteiger partial charge in [-0.25, -0.2) is 4.79 Å². The standard InChI is InChI=1S/C25H40N2O3/c1-4-26-15-13-23(14-16-26)22-7-9-24(10-8-22)29-19-5-6-21-11-17-27(18-12-21)25(28)30-20(2)3/h7-10,20-21,23H,4-6,11-19H2,1-3H3. The second kappa shape index (κ2) is 11.6. The van der Waals surface area contributed by atoms with Gasteiger partial charge in [0.2, 0.25) is 0 Å². The summed E-state index contributed by atoms with van der Waals surface area (Å²) in [6, 6.07) is 8.79. The minimum atomic E-state index is -0.161. The number of amides is 1. The molecule has 0 bridgehead atoms. The van der Waals surface area contributed by atoms with Gasteiger partial charge in [0, 0.05) is 13.1 Å². The van der Waals surface area contributed by atoms with Gasteiger partial charge in [-0.2, -0.15) is 0 Å². The van der Waals surface area contributed by atoms with Gasteiger partial charge in [-0.1, -0.05) is 19.1 Å². The van der Waals surface area contributed by atoms with Crippen LogP contribution in [0.25, 0.3) is 0 Å². The normalized spacial score (nSPS) is 19.3. The predicted molar refractivity (Wildman–Crippen MR) is 121 cm³/mol. The van der Waals surface area contributed by atoms with E-state index in [4.69, 9.17) is 9.47 Å². The summed E-state index contributed by atoms with van der Waals surface area (Å²) in [6.07, 6.45) is 6.70. The molecule has 0 N–H and O–H groups in total. The van der Waals surface area contributed by atoms with Crippen molar-refractivity contribution in [1.82, 2.24) is 9.80 Å². The van der Waals surface area contributed by atoms with E-state index in [1.807, 2.05) is 18.7 Å². The van der Waals surface area contributed by atoms with E-state index in [1.165, 1.54) is 44.5 Å². The Hall–Kier alpha value is -1.75. The Balaban J connectivity index is 1.30. The SMILES string of the molecule is CCN1CCC(c2ccc(OCCCC3CCN(C(=O)OC(C)C)CC3)cc2)CC1. The summed E-state index contributed by atoms with van der Waals surface area (Å²) in [5.41, 5.74) is 1.46. The van der Waals surface area contributed by atoms with Crippen molar-refractivity contribution in [1.29, 1.82) is 0 Å². The van der Waals surface area contributed by atoms with Gasteiger partial charge in [0.25, 0.3) is 0 Å². The lowest BCUT2D eigenvalue weighted by Gasteiger charge is -2.31. The van der Waals surface area contributed by atoms with E-state index in [-0.39, 0.29) is 12.2 Å². The van der Waals surface area contributed by atoms with Gasteiger partial charge in [0.1, 0.15) is 5.75 Å². The third kappa shape index (κ3) is 6.90. The molecule has 30 heavy (non-hydrogen) atoms. The fourth-order valence-corrected chi connectivity index (χ4v) is 4.66. The Morgan fingerprint density at radius 1 is 1.03 bits per heavy atom. The maximum atomic E-state index is 12.0. The molecule has 5 nitrogen and oxygen atoms in total. The third-order valence-corrected chi connectivity index (χ3v) is 6.62. The maximum absolute atomic E-state index is 12.0. The second-order valence-electron chi connectivity index (χ2n) is 9.13. The maximum Gasteiger partial charge on any atom is 0.410 e. The molecule has 0 saturated carbocycles. The van der Waals surface area contributed by atoms with Gasteiger partial charge in [0.15, 0.2) is 0 Å². The van der Waals surface area contributed by atoms with Crippen molar-refractivity contribution in [3.05, 3.63) is 29.8 Å². The van der Waals surface area contributed by atoms with Gasteiger partial charge in [-0.3, -0.25) is 0 Å². The van der Waals surface area contributed by atoms with E-state index in [9.17, 15) is 4.79 Å². The molecule has 1 amide bonds. The number of rotatable bonds is 8. The van der Waals surface area contributed by atoms with E-state index in [0.717, 1.165) is 44.7 Å². The number of hydrogen-bond acceptors (Lipinski definition) is 4. The van der Waals surface area contributed by atoms with Crippen molar-refractivity contribution in [2.24, 2.45) is 5.92 Å². The first-order valence-electron chi connectivity index (χ1n) is 12.0. The van der Waals surface area contributed by atoms with Crippen molar-refractivity contribution in [3.63, 3.8) is 0 Å². The van der Waals surface area contributed by atoms with Crippen molar-refractivity contribution in [2.75, 3.05) is 39.3 Å². The number of piperidine rings is 2. The molecule has 0 atom stereocenters. The quantitative estimate of drug-likeness (QED) is 0.539. The minimum absolute atomic E-state index is 0.0458. The van der Waals surface area contributed by atoms with Crippen LogP contribution in [-0.4, -0.2) is 61.3 Å². The zero-order chi connectivity index (χ0) is 21.3. The summed E-state index contributed by atoms with van der Waals surface area (Å²) in [6.45, 7) is 12.1. The van der Waals surface area contributed by atoms with Crippen molar-refractivity contribution >= 4 is 6.09 Å². The molecule has 0 unspecified atom stereocenters. The lowest BCUT2D eigenvalue weighted by molar-refractivity contribution is 0.0643. The summed E-state index contributed by atoms with van der Waals surface area (Å²) >= 11 is 0. The fourth-order valence-electron chi connectivity index (χ4n) is 4.66. The summed E-state index contributed by atoms with van der Waals surface area (Å²) in [7, 11) is 0. The Morgan fingerprint density at radius 2 is 1.70 bits per heavy atom. The number of ether oxygens (including phenoxy) is 2. The molecule has 2 aliphatic heterocycles. The predicted octanol–water partition coefficient (Wildman–Crippen LogP) is 5.30. The molecule has 1 aromatic rings. The van der Waals surface area contributed by atoms with E-state index in [2.05, 4.69) is 36.1 Å². The topological polar surface area (TPSA) is 42.0 Å². The Morgan fingerprint density at radius 3 is 2.30 bits per heavy atom. The lowest BCUT2D eigenvalue weighted by atomic mass is 9.89. The zero-order valence-corrected chi connectivity index (χ0v) is 19.1. The molecule has 0 aliphatic carbocycles. The van der Waals surface area contributed by atoms with E-state index >= 15 is 0 Å². The zero-order valence-electron chi connectivity index (χ0n) is 19.1. The fraction of sp³-hybridized carbons (Fsp3) is 0.720. The van der Waals surface area contributed by atoms with Crippen LogP contribution in [0, 0.1) is 5.92 Å². The Labute approximate surface area is 182 Å². The van der Waals surface area contributed by atoms with Gasteiger partial charge in [0.05, 0.1) is 12.7 Å². The average Bonchev–Trinajstić information content (AvgIpc) is 2.77. The van der Waals surface area contributed by atoms with Crippen molar-refractivity contribution in [2.45, 2.75) is 71.3 Å². The van der Waals surface area contributed by atoms with Crippen LogP contribution in [0.4, 0.5) is 4.79 Å². The molecule has 1 aromatic carbocycles.